The number of rotatable bonds is 5. The van der Waals surface area contributed by atoms with E-state index < -0.39 is 0 Å². The summed E-state index contributed by atoms with van der Waals surface area (Å²) in [6.45, 7) is 3.88. The lowest BCUT2D eigenvalue weighted by Crippen LogP contribution is -2.35. The van der Waals surface area contributed by atoms with Gasteiger partial charge in [0.05, 0.1) is 17.0 Å². The molecule has 2 amide bonds. The van der Waals surface area contributed by atoms with E-state index >= 15 is 0 Å². The van der Waals surface area contributed by atoms with Crippen molar-refractivity contribution in [1.82, 2.24) is 15.2 Å². The van der Waals surface area contributed by atoms with E-state index in [0.29, 0.717) is 24.2 Å². The molecule has 2 aromatic rings. The van der Waals surface area contributed by atoms with Gasteiger partial charge in [-0.3, -0.25) is 14.6 Å². The van der Waals surface area contributed by atoms with Crippen LogP contribution < -0.4 is 5.32 Å². The van der Waals surface area contributed by atoms with Crippen molar-refractivity contribution >= 4 is 11.8 Å². The second kappa shape index (κ2) is 9.31. The monoisotopic (exact) mass is 365 g/mol. The quantitative estimate of drug-likeness (QED) is 0.881. The average molecular weight is 365 g/mol. The Morgan fingerprint density at radius 3 is 2.37 bits per heavy atom. The van der Waals surface area contributed by atoms with Crippen LogP contribution in [0.4, 0.5) is 0 Å². The number of aromatic nitrogens is 1. The van der Waals surface area contributed by atoms with Crippen LogP contribution in [0.15, 0.2) is 42.5 Å². The molecular formula is C22H27N3O2. The zero-order chi connectivity index (χ0) is 19.1. The van der Waals surface area contributed by atoms with Crippen molar-refractivity contribution in [3.05, 3.63) is 53.7 Å². The van der Waals surface area contributed by atoms with Gasteiger partial charge in [-0.2, -0.15) is 0 Å². The second-order valence-electron chi connectivity index (χ2n) is 7.00. The summed E-state index contributed by atoms with van der Waals surface area (Å²) in [5.74, 6) is -0.0465. The van der Waals surface area contributed by atoms with Gasteiger partial charge in [-0.1, -0.05) is 43.2 Å². The topological polar surface area (TPSA) is 62.3 Å². The molecule has 0 bridgehead atoms. The SMILES string of the molecule is Cc1nc(-c2ccccc2)ccc1C(=O)NCCC(=O)N1CCCCCC1. The second-order valence-corrected chi connectivity index (χ2v) is 7.00. The van der Waals surface area contributed by atoms with Crippen molar-refractivity contribution in [2.24, 2.45) is 0 Å². The molecule has 0 radical (unpaired) electrons. The number of hydrogen-bond acceptors (Lipinski definition) is 3. The third kappa shape index (κ3) is 5.16. The molecule has 0 aliphatic carbocycles. The smallest absolute Gasteiger partial charge is 0.253 e. The summed E-state index contributed by atoms with van der Waals surface area (Å²) in [5, 5.41) is 2.86. The zero-order valence-electron chi connectivity index (χ0n) is 15.9. The molecule has 5 heteroatoms. The molecule has 1 saturated heterocycles. The van der Waals surface area contributed by atoms with E-state index in [2.05, 4.69) is 10.3 Å². The number of benzene rings is 1. The lowest BCUT2D eigenvalue weighted by atomic mass is 10.1. The number of amides is 2. The third-order valence-corrected chi connectivity index (χ3v) is 4.98. The molecular weight excluding hydrogens is 338 g/mol. The van der Waals surface area contributed by atoms with Crippen LogP contribution in [0.5, 0.6) is 0 Å². The Morgan fingerprint density at radius 2 is 1.70 bits per heavy atom. The van der Waals surface area contributed by atoms with E-state index in [9.17, 15) is 9.59 Å². The fourth-order valence-corrected chi connectivity index (χ4v) is 3.43. The van der Waals surface area contributed by atoms with Gasteiger partial charge in [0.2, 0.25) is 5.91 Å². The van der Waals surface area contributed by atoms with E-state index in [4.69, 9.17) is 0 Å². The summed E-state index contributed by atoms with van der Waals surface area (Å²) in [5.41, 5.74) is 3.11. The molecule has 0 spiro atoms. The van der Waals surface area contributed by atoms with E-state index in [1.54, 1.807) is 6.07 Å². The van der Waals surface area contributed by atoms with Crippen molar-refractivity contribution in [2.75, 3.05) is 19.6 Å². The van der Waals surface area contributed by atoms with Gasteiger partial charge in [-0.15, -0.1) is 0 Å². The lowest BCUT2D eigenvalue weighted by Gasteiger charge is -2.20. The van der Waals surface area contributed by atoms with Crippen LogP contribution in [0.2, 0.25) is 0 Å². The molecule has 27 heavy (non-hydrogen) atoms. The summed E-state index contributed by atoms with van der Waals surface area (Å²) in [6.07, 6.45) is 4.91. The summed E-state index contributed by atoms with van der Waals surface area (Å²) in [7, 11) is 0. The molecule has 1 aromatic heterocycles. The first kappa shape index (κ1) is 19.1. The van der Waals surface area contributed by atoms with Gasteiger partial charge in [0, 0.05) is 31.6 Å². The van der Waals surface area contributed by atoms with E-state index in [0.717, 1.165) is 37.2 Å². The van der Waals surface area contributed by atoms with Gasteiger partial charge in [0.25, 0.3) is 5.91 Å². The van der Waals surface area contributed by atoms with Gasteiger partial charge in [0.1, 0.15) is 0 Å². The summed E-state index contributed by atoms with van der Waals surface area (Å²) >= 11 is 0. The highest BCUT2D eigenvalue weighted by molar-refractivity contribution is 5.95. The van der Waals surface area contributed by atoms with Crippen molar-refractivity contribution in [3.8, 4) is 11.3 Å². The minimum Gasteiger partial charge on any atom is -0.351 e. The van der Waals surface area contributed by atoms with E-state index in [-0.39, 0.29) is 11.8 Å². The Kier molecular flexibility index (Phi) is 6.58. The number of aryl methyl sites for hydroxylation is 1. The van der Waals surface area contributed by atoms with Crippen LogP contribution in [0, 0.1) is 6.92 Å². The molecule has 1 fully saturated rings. The van der Waals surface area contributed by atoms with Crippen LogP contribution in [0.3, 0.4) is 0 Å². The lowest BCUT2D eigenvalue weighted by molar-refractivity contribution is -0.131. The standard InChI is InChI=1S/C22H27N3O2/c1-17-19(11-12-20(24-17)18-9-5-4-6-10-18)22(27)23-14-13-21(26)25-15-7-2-3-8-16-25/h4-6,9-12H,2-3,7-8,13-16H2,1H3,(H,23,27). The predicted octanol–water partition coefficient (Wildman–Crippen LogP) is 3.58. The first-order chi connectivity index (χ1) is 13.1. The first-order valence-electron chi connectivity index (χ1n) is 9.74. The Bertz CT molecular complexity index is 781. The molecule has 1 aromatic carbocycles. The molecule has 1 N–H and O–H groups in total. The number of nitrogens with zero attached hydrogens (tertiary/aromatic N) is 2. The summed E-state index contributed by atoms with van der Waals surface area (Å²) in [6, 6.07) is 13.6. The molecule has 1 aliphatic rings. The van der Waals surface area contributed by atoms with Gasteiger partial charge in [-0.25, -0.2) is 0 Å². The molecule has 5 nitrogen and oxygen atoms in total. The van der Waals surface area contributed by atoms with E-state index in [1.807, 2.05) is 48.2 Å². The molecule has 0 unspecified atom stereocenters. The van der Waals surface area contributed by atoms with Crippen LogP contribution in [0.1, 0.15) is 48.2 Å². The normalized spacial score (nSPS) is 14.5. The number of pyridine rings is 1. The maximum Gasteiger partial charge on any atom is 0.253 e. The van der Waals surface area contributed by atoms with Gasteiger partial charge >= 0.3 is 0 Å². The Morgan fingerprint density at radius 1 is 1.00 bits per heavy atom. The predicted molar refractivity (Wildman–Crippen MR) is 106 cm³/mol. The molecule has 0 atom stereocenters. The number of carbonyl (C=O) groups is 2. The van der Waals surface area contributed by atoms with Crippen molar-refractivity contribution in [1.29, 1.82) is 0 Å². The zero-order valence-corrected chi connectivity index (χ0v) is 15.9. The molecule has 3 rings (SSSR count). The maximum absolute atomic E-state index is 12.5. The Balaban J connectivity index is 1.54. The van der Waals surface area contributed by atoms with Crippen LogP contribution in [-0.2, 0) is 4.79 Å². The van der Waals surface area contributed by atoms with Crippen molar-refractivity contribution in [2.45, 2.75) is 39.0 Å². The van der Waals surface area contributed by atoms with Gasteiger partial charge in [-0.05, 0) is 31.9 Å². The highest BCUT2D eigenvalue weighted by atomic mass is 16.2. The Labute approximate surface area is 160 Å². The number of nitrogens with one attached hydrogen (secondary N) is 1. The average Bonchev–Trinajstić information content (AvgIpc) is 2.98. The fourth-order valence-electron chi connectivity index (χ4n) is 3.43. The number of carbonyl (C=O) groups excluding carboxylic acids is 2. The molecule has 142 valence electrons. The van der Waals surface area contributed by atoms with E-state index in [1.165, 1.54) is 12.8 Å². The van der Waals surface area contributed by atoms with Crippen molar-refractivity contribution < 1.29 is 9.59 Å². The Hall–Kier alpha value is -2.69. The first-order valence-corrected chi connectivity index (χ1v) is 9.74. The number of hydrogen-bond donors (Lipinski definition) is 1. The minimum atomic E-state index is -0.178. The molecule has 2 heterocycles. The van der Waals surface area contributed by atoms with Gasteiger partial charge < -0.3 is 10.2 Å². The fraction of sp³-hybridized carbons (Fsp3) is 0.409. The van der Waals surface area contributed by atoms with Crippen LogP contribution in [0.25, 0.3) is 11.3 Å². The number of likely N-dealkylation sites (tertiary alicyclic amines) is 1. The summed E-state index contributed by atoms with van der Waals surface area (Å²) < 4.78 is 0. The molecule has 1 aliphatic heterocycles. The third-order valence-electron chi connectivity index (χ3n) is 4.98. The van der Waals surface area contributed by atoms with Crippen LogP contribution in [-0.4, -0.2) is 41.3 Å². The molecule has 0 saturated carbocycles. The van der Waals surface area contributed by atoms with Gasteiger partial charge in [0.15, 0.2) is 0 Å². The minimum absolute atomic E-state index is 0.131. The summed E-state index contributed by atoms with van der Waals surface area (Å²) in [4.78, 5) is 31.2. The highest BCUT2D eigenvalue weighted by Gasteiger charge is 2.16. The van der Waals surface area contributed by atoms with Crippen LogP contribution >= 0.6 is 0 Å². The maximum atomic E-state index is 12.5. The highest BCUT2D eigenvalue weighted by Crippen LogP contribution is 2.18. The van der Waals surface area contributed by atoms with Crippen molar-refractivity contribution in [3.63, 3.8) is 0 Å². The largest absolute Gasteiger partial charge is 0.351 e.